The molecule has 1 saturated heterocycles. The number of piperidine rings is 1. The van der Waals surface area contributed by atoms with Crippen molar-refractivity contribution in [2.45, 2.75) is 19.8 Å². The quantitative estimate of drug-likeness (QED) is 0.782. The number of rotatable bonds is 3. The van der Waals surface area contributed by atoms with E-state index in [-0.39, 0.29) is 0 Å². The number of anilines is 1. The SMILES string of the molecule is Cc1cc(NCC2CCNCC2)n(C)n1. The Morgan fingerprint density at radius 2 is 2.27 bits per heavy atom. The van der Waals surface area contributed by atoms with Gasteiger partial charge in [0.25, 0.3) is 0 Å². The third-order valence-corrected chi connectivity index (χ3v) is 3.03. The minimum absolute atomic E-state index is 0.807. The van der Waals surface area contributed by atoms with Gasteiger partial charge in [0.15, 0.2) is 0 Å². The van der Waals surface area contributed by atoms with Gasteiger partial charge in [-0.05, 0) is 38.8 Å². The van der Waals surface area contributed by atoms with E-state index in [1.165, 1.54) is 12.8 Å². The molecule has 2 N–H and O–H groups in total. The zero-order valence-electron chi connectivity index (χ0n) is 9.58. The van der Waals surface area contributed by atoms with Crippen LogP contribution < -0.4 is 10.6 Å². The molecular weight excluding hydrogens is 188 g/mol. The largest absolute Gasteiger partial charge is 0.370 e. The van der Waals surface area contributed by atoms with Crippen LogP contribution in [0, 0.1) is 12.8 Å². The van der Waals surface area contributed by atoms with Crippen molar-refractivity contribution in [3.8, 4) is 0 Å². The first-order chi connectivity index (χ1) is 7.25. The number of hydrogen-bond donors (Lipinski definition) is 2. The number of nitrogens with one attached hydrogen (secondary N) is 2. The molecule has 1 aliphatic rings. The normalized spacial score (nSPS) is 18.0. The molecule has 0 unspecified atom stereocenters. The summed E-state index contributed by atoms with van der Waals surface area (Å²) in [5.74, 6) is 1.94. The van der Waals surface area contributed by atoms with Crippen LogP contribution in [-0.4, -0.2) is 29.4 Å². The Morgan fingerprint density at radius 1 is 1.53 bits per heavy atom. The molecule has 0 saturated carbocycles. The molecule has 0 aliphatic carbocycles. The molecule has 0 aromatic carbocycles. The molecule has 84 valence electrons. The second-order valence-electron chi connectivity index (χ2n) is 4.37. The summed E-state index contributed by atoms with van der Waals surface area (Å²) in [6.07, 6.45) is 2.56. The molecular formula is C11H20N4. The van der Waals surface area contributed by atoms with E-state index in [1.807, 2.05) is 18.7 Å². The van der Waals surface area contributed by atoms with Crippen molar-refractivity contribution in [1.82, 2.24) is 15.1 Å². The van der Waals surface area contributed by atoms with Gasteiger partial charge >= 0.3 is 0 Å². The van der Waals surface area contributed by atoms with E-state index in [0.29, 0.717) is 0 Å². The molecule has 0 bridgehead atoms. The summed E-state index contributed by atoms with van der Waals surface area (Å²) in [6, 6.07) is 2.10. The van der Waals surface area contributed by atoms with Gasteiger partial charge in [-0.25, -0.2) is 0 Å². The smallest absolute Gasteiger partial charge is 0.124 e. The first kappa shape index (κ1) is 10.5. The lowest BCUT2D eigenvalue weighted by Gasteiger charge is -2.23. The summed E-state index contributed by atoms with van der Waals surface area (Å²) < 4.78 is 1.91. The maximum Gasteiger partial charge on any atom is 0.124 e. The van der Waals surface area contributed by atoms with Crippen molar-refractivity contribution in [2.75, 3.05) is 25.0 Å². The molecule has 2 heterocycles. The van der Waals surface area contributed by atoms with Crippen molar-refractivity contribution in [2.24, 2.45) is 13.0 Å². The van der Waals surface area contributed by atoms with E-state index in [0.717, 1.165) is 37.1 Å². The lowest BCUT2D eigenvalue weighted by Crippen LogP contribution is -2.31. The standard InChI is InChI=1S/C11H20N4/c1-9-7-11(15(2)14-9)13-8-10-3-5-12-6-4-10/h7,10,12-13H,3-6,8H2,1-2H3. The van der Waals surface area contributed by atoms with Gasteiger partial charge in [0.2, 0.25) is 0 Å². The topological polar surface area (TPSA) is 41.9 Å². The lowest BCUT2D eigenvalue weighted by molar-refractivity contribution is 0.389. The molecule has 1 aromatic heterocycles. The third kappa shape index (κ3) is 2.72. The Kier molecular flexibility index (Phi) is 3.26. The highest BCUT2D eigenvalue weighted by atomic mass is 15.3. The third-order valence-electron chi connectivity index (χ3n) is 3.03. The Bertz CT molecular complexity index is 312. The average Bonchev–Trinajstić information content (AvgIpc) is 2.56. The second kappa shape index (κ2) is 4.66. The van der Waals surface area contributed by atoms with Gasteiger partial charge in [-0.3, -0.25) is 4.68 Å². The second-order valence-corrected chi connectivity index (χ2v) is 4.37. The summed E-state index contributed by atoms with van der Waals surface area (Å²) in [6.45, 7) is 5.42. The van der Waals surface area contributed by atoms with Crippen LogP contribution in [0.25, 0.3) is 0 Å². The fourth-order valence-corrected chi connectivity index (χ4v) is 2.11. The molecule has 15 heavy (non-hydrogen) atoms. The zero-order valence-corrected chi connectivity index (χ0v) is 9.58. The minimum atomic E-state index is 0.807. The van der Waals surface area contributed by atoms with E-state index < -0.39 is 0 Å². The number of nitrogens with zero attached hydrogens (tertiary/aromatic N) is 2. The van der Waals surface area contributed by atoms with Crippen LogP contribution in [0.15, 0.2) is 6.07 Å². The van der Waals surface area contributed by atoms with Gasteiger partial charge in [0.05, 0.1) is 5.69 Å². The van der Waals surface area contributed by atoms with Crippen LogP contribution in [0.5, 0.6) is 0 Å². The molecule has 0 spiro atoms. The van der Waals surface area contributed by atoms with Crippen molar-refractivity contribution < 1.29 is 0 Å². The monoisotopic (exact) mass is 208 g/mol. The van der Waals surface area contributed by atoms with Gasteiger partial charge in [-0.15, -0.1) is 0 Å². The Labute approximate surface area is 91.1 Å². The molecule has 2 rings (SSSR count). The first-order valence-electron chi connectivity index (χ1n) is 5.71. The van der Waals surface area contributed by atoms with Crippen molar-refractivity contribution in [1.29, 1.82) is 0 Å². The molecule has 1 aromatic rings. The summed E-state index contributed by atoms with van der Waals surface area (Å²) in [4.78, 5) is 0. The van der Waals surface area contributed by atoms with E-state index in [9.17, 15) is 0 Å². The van der Waals surface area contributed by atoms with Gasteiger partial charge in [0, 0.05) is 19.7 Å². The number of hydrogen-bond acceptors (Lipinski definition) is 3. The van der Waals surface area contributed by atoms with Gasteiger partial charge < -0.3 is 10.6 Å². The maximum atomic E-state index is 4.32. The highest BCUT2D eigenvalue weighted by Gasteiger charge is 2.13. The van der Waals surface area contributed by atoms with E-state index >= 15 is 0 Å². The fourth-order valence-electron chi connectivity index (χ4n) is 2.11. The van der Waals surface area contributed by atoms with Gasteiger partial charge in [-0.1, -0.05) is 0 Å². The van der Waals surface area contributed by atoms with Crippen molar-refractivity contribution >= 4 is 5.82 Å². The summed E-state index contributed by atoms with van der Waals surface area (Å²) in [5, 5.41) is 11.2. The number of aromatic nitrogens is 2. The molecule has 4 heteroatoms. The van der Waals surface area contributed by atoms with E-state index in [2.05, 4.69) is 21.8 Å². The van der Waals surface area contributed by atoms with Gasteiger partial charge in [0.1, 0.15) is 5.82 Å². The molecule has 4 nitrogen and oxygen atoms in total. The Morgan fingerprint density at radius 3 is 2.87 bits per heavy atom. The maximum absolute atomic E-state index is 4.32. The van der Waals surface area contributed by atoms with Crippen LogP contribution in [0.4, 0.5) is 5.82 Å². The predicted molar refractivity (Wildman–Crippen MR) is 62.0 cm³/mol. The van der Waals surface area contributed by atoms with E-state index in [1.54, 1.807) is 0 Å². The van der Waals surface area contributed by atoms with Crippen LogP contribution in [0.2, 0.25) is 0 Å². The minimum Gasteiger partial charge on any atom is -0.370 e. The Balaban J connectivity index is 1.84. The molecule has 0 radical (unpaired) electrons. The van der Waals surface area contributed by atoms with Crippen LogP contribution in [0.3, 0.4) is 0 Å². The van der Waals surface area contributed by atoms with E-state index in [4.69, 9.17) is 0 Å². The molecule has 0 atom stereocenters. The predicted octanol–water partition coefficient (Wildman–Crippen LogP) is 1.14. The Hall–Kier alpha value is -1.03. The first-order valence-corrected chi connectivity index (χ1v) is 5.71. The fraction of sp³-hybridized carbons (Fsp3) is 0.727. The van der Waals surface area contributed by atoms with Gasteiger partial charge in [-0.2, -0.15) is 5.10 Å². The molecule has 1 aliphatic heterocycles. The van der Waals surface area contributed by atoms with Crippen LogP contribution in [0.1, 0.15) is 18.5 Å². The highest BCUT2D eigenvalue weighted by Crippen LogP contribution is 2.14. The van der Waals surface area contributed by atoms with Crippen LogP contribution >= 0.6 is 0 Å². The molecule has 0 amide bonds. The molecule has 1 fully saturated rings. The zero-order chi connectivity index (χ0) is 10.7. The lowest BCUT2D eigenvalue weighted by atomic mass is 9.98. The van der Waals surface area contributed by atoms with Crippen molar-refractivity contribution in [3.05, 3.63) is 11.8 Å². The summed E-state index contributed by atoms with van der Waals surface area (Å²) >= 11 is 0. The summed E-state index contributed by atoms with van der Waals surface area (Å²) in [7, 11) is 1.98. The highest BCUT2D eigenvalue weighted by molar-refractivity contribution is 5.36. The van der Waals surface area contributed by atoms with Crippen molar-refractivity contribution in [3.63, 3.8) is 0 Å². The summed E-state index contributed by atoms with van der Waals surface area (Å²) in [5.41, 5.74) is 1.07. The average molecular weight is 208 g/mol. The van der Waals surface area contributed by atoms with Crippen LogP contribution in [-0.2, 0) is 7.05 Å². The number of aryl methyl sites for hydroxylation is 2.